The van der Waals surface area contributed by atoms with Gasteiger partial charge in [0.2, 0.25) is 0 Å². The van der Waals surface area contributed by atoms with Gasteiger partial charge in [0.05, 0.1) is 0 Å². The molecular weight excluding hydrogens is 188 g/mol. The summed E-state index contributed by atoms with van der Waals surface area (Å²) < 4.78 is 0. The number of phenolic OH excluding ortho intramolecular Hbond substituents is 1. The molecule has 0 saturated heterocycles. The van der Waals surface area contributed by atoms with E-state index in [1.54, 1.807) is 24.3 Å². The van der Waals surface area contributed by atoms with Crippen LogP contribution in [0, 0.1) is 0 Å². The van der Waals surface area contributed by atoms with Crippen molar-refractivity contribution < 1.29 is 5.11 Å². The van der Waals surface area contributed by atoms with E-state index in [1.165, 1.54) is 0 Å². The van der Waals surface area contributed by atoms with E-state index in [9.17, 15) is 0 Å². The number of aromatic nitrogens is 2. The molecule has 0 aliphatic carbocycles. The molecule has 0 fully saturated rings. The first-order valence-electron chi connectivity index (χ1n) is 4.90. The van der Waals surface area contributed by atoms with Crippen molar-refractivity contribution in [3.8, 4) is 17.1 Å². The molecule has 0 aliphatic heterocycles. The summed E-state index contributed by atoms with van der Waals surface area (Å²) in [5.41, 5.74) is 2.04. The number of aryl methyl sites for hydroxylation is 1. The van der Waals surface area contributed by atoms with Crippen LogP contribution in [0.15, 0.2) is 36.7 Å². The molecule has 2 aromatic rings. The second-order valence-electron chi connectivity index (χ2n) is 3.32. The third-order valence-electron chi connectivity index (χ3n) is 2.24. The fourth-order valence-electron chi connectivity index (χ4n) is 1.30. The van der Waals surface area contributed by atoms with Crippen molar-refractivity contribution in [1.29, 1.82) is 0 Å². The Bertz CT molecular complexity index is 434. The van der Waals surface area contributed by atoms with E-state index in [-0.39, 0.29) is 5.75 Å². The van der Waals surface area contributed by atoms with Gasteiger partial charge in [-0.1, -0.05) is 6.92 Å². The van der Waals surface area contributed by atoms with Crippen LogP contribution in [-0.2, 0) is 6.42 Å². The van der Waals surface area contributed by atoms with Gasteiger partial charge < -0.3 is 5.11 Å². The van der Waals surface area contributed by atoms with Crippen LogP contribution in [0.2, 0.25) is 0 Å². The maximum Gasteiger partial charge on any atom is 0.159 e. The second-order valence-corrected chi connectivity index (χ2v) is 3.32. The summed E-state index contributed by atoms with van der Waals surface area (Å²) in [5.74, 6) is 0.941. The van der Waals surface area contributed by atoms with Crippen molar-refractivity contribution in [3.63, 3.8) is 0 Å². The molecule has 3 heteroatoms. The zero-order valence-corrected chi connectivity index (χ0v) is 8.51. The van der Waals surface area contributed by atoms with Crippen LogP contribution in [0.4, 0.5) is 0 Å². The van der Waals surface area contributed by atoms with E-state index >= 15 is 0 Å². The van der Waals surface area contributed by atoms with Crippen LogP contribution in [0.1, 0.15) is 12.5 Å². The average molecular weight is 200 g/mol. The van der Waals surface area contributed by atoms with Crippen LogP contribution < -0.4 is 0 Å². The van der Waals surface area contributed by atoms with Gasteiger partial charge in [-0.2, -0.15) is 0 Å². The molecule has 0 bridgehead atoms. The number of hydrogen-bond donors (Lipinski definition) is 1. The minimum atomic E-state index is 0.254. The Balaban J connectivity index is 2.33. The number of nitrogens with zero attached hydrogens (tertiary/aromatic N) is 2. The van der Waals surface area contributed by atoms with Gasteiger partial charge in [-0.25, -0.2) is 9.97 Å². The molecule has 0 aliphatic rings. The molecule has 3 nitrogen and oxygen atoms in total. The Hall–Kier alpha value is -1.90. The highest BCUT2D eigenvalue weighted by atomic mass is 16.3. The highest BCUT2D eigenvalue weighted by molar-refractivity contribution is 5.55. The van der Waals surface area contributed by atoms with Gasteiger partial charge in [0.15, 0.2) is 5.82 Å². The predicted molar refractivity (Wildman–Crippen MR) is 58.5 cm³/mol. The molecule has 15 heavy (non-hydrogen) atoms. The van der Waals surface area contributed by atoms with Crippen molar-refractivity contribution in [1.82, 2.24) is 9.97 Å². The topological polar surface area (TPSA) is 46.0 Å². The Morgan fingerprint density at radius 3 is 2.20 bits per heavy atom. The van der Waals surface area contributed by atoms with Crippen molar-refractivity contribution in [2.75, 3.05) is 0 Å². The van der Waals surface area contributed by atoms with Gasteiger partial charge in [-0.05, 0) is 36.2 Å². The van der Waals surface area contributed by atoms with E-state index in [0.717, 1.165) is 17.5 Å². The van der Waals surface area contributed by atoms with Crippen LogP contribution in [0.3, 0.4) is 0 Å². The maximum absolute atomic E-state index is 9.14. The summed E-state index contributed by atoms with van der Waals surface area (Å²) in [7, 11) is 0. The molecule has 1 aromatic carbocycles. The minimum Gasteiger partial charge on any atom is -0.508 e. The quantitative estimate of drug-likeness (QED) is 0.809. The second kappa shape index (κ2) is 4.09. The summed E-state index contributed by atoms with van der Waals surface area (Å²) in [6, 6.07) is 6.87. The summed E-state index contributed by atoms with van der Waals surface area (Å²) in [6.07, 6.45) is 4.60. The number of benzene rings is 1. The molecule has 0 saturated carbocycles. The molecule has 2 rings (SSSR count). The monoisotopic (exact) mass is 200 g/mol. The number of rotatable bonds is 2. The van der Waals surface area contributed by atoms with Gasteiger partial charge in [0.25, 0.3) is 0 Å². The lowest BCUT2D eigenvalue weighted by molar-refractivity contribution is 0.475. The van der Waals surface area contributed by atoms with Gasteiger partial charge in [0.1, 0.15) is 5.75 Å². The molecule has 1 heterocycles. The van der Waals surface area contributed by atoms with Gasteiger partial charge >= 0.3 is 0 Å². The van der Waals surface area contributed by atoms with Gasteiger partial charge in [0, 0.05) is 18.0 Å². The maximum atomic E-state index is 9.14. The standard InChI is InChI=1S/C12H12N2O/c1-2-9-7-13-12(14-8-9)10-3-5-11(15)6-4-10/h3-8,15H,2H2,1H3. The van der Waals surface area contributed by atoms with E-state index in [0.29, 0.717) is 5.82 Å². The largest absolute Gasteiger partial charge is 0.508 e. The van der Waals surface area contributed by atoms with E-state index in [2.05, 4.69) is 16.9 Å². The first kappa shape index (κ1) is 9.65. The fourth-order valence-corrected chi connectivity index (χ4v) is 1.30. The zero-order chi connectivity index (χ0) is 10.7. The Labute approximate surface area is 88.5 Å². The third kappa shape index (κ3) is 2.13. The number of hydrogen-bond acceptors (Lipinski definition) is 3. The first-order chi connectivity index (χ1) is 7.29. The van der Waals surface area contributed by atoms with Crippen molar-refractivity contribution in [2.24, 2.45) is 0 Å². The summed E-state index contributed by atoms with van der Waals surface area (Å²) in [5, 5.41) is 9.14. The Morgan fingerprint density at radius 2 is 1.67 bits per heavy atom. The lowest BCUT2D eigenvalue weighted by atomic mass is 10.2. The summed E-state index contributed by atoms with van der Waals surface area (Å²) in [6.45, 7) is 2.07. The normalized spacial score (nSPS) is 10.2. The van der Waals surface area contributed by atoms with Crippen LogP contribution in [0.5, 0.6) is 5.75 Å². The molecule has 0 radical (unpaired) electrons. The molecule has 0 amide bonds. The van der Waals surface area contributed by atoms with E-state index in [4.69, 9.17) is 5.11 Å². The van der Waals surface area contributed by atoms with Crippen molar-refractivity contribution in [2.45, 2.75) is 13.3 Å². The van der Waals surface area contributed by atoms with Crippen molar-refractivity contribution >= 4 is 0 Å². The highest BCUT2D eigenvalue weighted by Crippen LogP contribution is 2.17. The highest BCUT2D eigenvalue weighted by Gasteiger charge is 2.00. The molecule has 0 unspecified atom stereocenters. The third-order valence-corrected chi connectivity index (χ3v) is 2.24. The molecule has 0 spiro atoms. The number of phenols is 1. The molecule has 0 atom stereocenters. The zero-order valence-electron chi connectivity index (χ0n) is 8.51. The van der Waals surface area contributed by atoms with E-state index in [1.807, 2.05) is 12.4 Å². The fraction of sp³-hybridized carbons (Fsp3) is 0.167. The number of aromatic hydroxyl groups is 1. The molecule has 1 aromatic heterocycles. The van der Waals surface area contributed by atoms with Gasteiger partial charge in [-0.15, -0.1) is 0 Å². The van der Waals surface area contributed by atoms with Crippen molar-refractivity contribution in [3.05, 3.63) is 42.2 Å². The lowest BCUT2D eigenvalue weighted by Crippen LogP contribution is -1.90. The first-order valence-corrected chi connectivity index (χ1v) is 4.90. The van der Waals surface area contributed by atoms with E-state index < -0.39 is 0 Å². The SMILES string of the molecule is CCc1cnc(-c2ccc(O)cc2)nc1. The summed E-state index contributed by atoms with van der Waals surface area (Å²) in [4.78, 5) is 8.51. The van der Waals surface area contributed by atoms with Crippen LogP contribution in [0.25, 0.3) is 11.4 Å². The molecule has 76 valence electrons. The smallest absolute Gasteiger partial charge is 0.159 e. The Morgan fingerprint density at radius 1 is 1.07 bits per heavy atom. The average Bonchev–Trinajstić information content (AvgIpc) is 2.30. The Kier molecular flexibility index (Phi) is 2.63. The minimum absolute atomic E-state index is 0.254. The predicted octanol–water partition coefficient (Wildman–Crippen LogP) is 2.41. The summed E-state index contributed by atoms with van der Waals surface area (Å²) >= 11 is 0. The van der Waals surface area contributed by atoms with Gasteiger partial charge in [-0.3, -0.25) is 0 Å². The molecule has 1 N–H and O–H groups in total. The van der Waals surface area contributed by atoms with Crippen LogP contribution in [-0.4, -0.2) is 15.1 Å². The van der Waals surface area contributed by atoms with Crippen LogP contribution >= 0.6 is 0 Å². The lowest BCUT2D eigenvalue weighted by Gasteiger charge is -2.00. The molecular formula is C12H12N2O.